The molecule has 0 aromatic heterocycles. The van der Waals surface area contributed by atoms with Crippen LogP contribution >= 0.6 is 0 Å². The molecule has 3 rings (SSSR count). The first-order valence-corrected chi connectivity index (χ1v) is 7.49. The van der Waals surface area contributed by atoms with Crippen LogP contribution in [0.2, 0.25) is 0 Å². The highest BCUT2D eigenvalue weighted by atomic mass is 16.3. The van der Waals surface area contributed by atoms with Gasteiger partial charge in [-0.1, -0.05) is 0 Å². The predicted molar refractivity (Wildman–Crippen MR) is 87.9 cm³/mol. The molecule has 7 nitrogen and oxygen atoms in total. The molecular formula is C16H20N4O3. The van der Waals surface area contributed by atoms with E-state index < -0.39 is 17.7 Å². The summed E-state index contributed by atoms with van der Waals surface area (Å²) < 4.78 is 0. The molecule has 0 spiro atoms. The van der Waals surface area contributed by atoms with E-state index in [0.717, 1.165) is 27.4 Å². The van der Waals surface area contributed by atoms with Crippen molar-refractivity contribution < 1.29 is 14.7 Å². The molecular weight excluding hydrogens is 296 g/mol. The first-order valence-electron chi connectivity index (χ1n) is 7.49. The van der Waals surface area contributed by atoms with Crippen LogP contribution in [-0.4, -0.2) is 54.1 Å². The van der Waals surface area contributed by atoms with E-state index in [-0.39, 0.29) is 5.84 Å². The van der Waals surface area contributed by atoms with Crippen molar-refractivity contribution in [3.63, 3.8) is 0 Å². The lowest BCUT2D eigenvalue weighted by molar-refractivity contribution is -0.141. The van der Waals surface area contributed by atoms with E-state index >= 15 is 0 Å². The van der Waals surface area contributed by atoms with Crippen molar-refractivity contribution in [2.45, 2.75) is 26.5 Å². The molecule has 122 valence electrons. The summed E-state index contributed by atoms with van der Waals surface area (Å²) in [6, 6.07) is 3.25. The Balaban J connectivity index is 2.33. The number of rotatable bonds is 1. The van der Waals surface area contributed by atoms with E-state index in [2.05, 4.69) is 4.99 Å². The maximum Gasteiger partial charge on any atom is 0.351 e. The lowest BCUT2D eigenvalue weighted by atomic mass is 9.97. The van der Waals surface area contributed by atoms with E-state index in [0.29, 0.717) is 6.54 Å². The number of anilines is 2. The van der Waals surface area contributed by atoms with Crippen LogP contribution in [0.1, 0.15) is 18.1 Å². The highest BCUT2D eigenvalue weighted by molar-refractivity contribution is 6.28. The molecule has 2 aliphatic heterocycles. The number of amides is 3. The summed E-state index contributed by atoms with van der Waals surface area (Å²) in [6.07, 6.45) is 0. The van der Waals surface area contributed by atoms with Gasteiger partial charge in [-0.2, -0.15) is 4.99 Å². The number of aliphatic hydroxyl groups is 1. The number of carbonyl (C=O) groups is 2. The minimum absolute atomic E-state index is 0.0446. The summed E-state index contributed by atoms with van der Waals surface area (Å²) in [5, 5.41) is 11.2. The Bertz CT molecular complexity index is 758. The summed E-state index contributed by atoms with van der Waals surface area (Å²) in [7, 11) is 3.03. The van der Waals surface area contributed by atoms with Gasteiger partial charge in [0.2, 0.25) is 0 Å². The molecule has 0 aliphatic carbocycles. The van der Waals surface area contributed by atoms with E-state index in [1.54, 1.807) is 16.8 Å². The molecule has 0 saturated heterocycles. The Morgan fingerprint density at radius 2 is 1.65 bits per heavy atom. The largest absolute Gasteiger partial charge is 0.357 e. The van der Waals surface area contributed by atoms with Gasteiger partial charge in [0.25, 0.3) is 11.6 Å². The summed E-state index contributed by atoms with van der Waals surface area (Å²) >= 11 is 0. The number of imide groups is 1. The second kappa shape index (κ2) is 4.79. The molecule has 1 aromatic carbocycles. The third kappa shape index (κ3) is 1.83. The third-order valence-corrected chi connectivity index (χ3v) is 4.67. The normalized spacial score (nSPS) is 23.7. The van der Waals surface area contributed by atoms with Gasteiger partial charge in [-0.15, -0.1) is 0 Å². The van der Waals surface area contributed by atoms with E-state index in [1.165, 1.54) is 7.05 Å². The lowest BCUT2D eigenvalue weighted by Crippen LogP contribution is -2.72. The zero-order valence-electron chi connectivity index (χ0n) is 13.9. The van der Waals surface area contributed by atoms with Crippen LogP contribution in [-0.2, 0) is 4.79 Å². The SMILES string of the molecule is CCN1c2cc(C)c(C)cc2N(C)C2=NC(=O)N(C)C(=O)C21O. The number of aryl methyl sites for hydroxylation is 2. The maximum absolute atomic E-state index is 12.7. The molecule has 1 aromatic rings. The number of hydrogen-bond donors (Lipinski definition) is 1. The lowest BCUT2D eigenvalue weighted by Gasteiger charge is -2.50. The summed E-state index contributed by atoms with van der Waals surface area (Å²) in [5.41, 5.74) is 1.73. The van der Waals surface area contributed by atoms with Gasteiger partial charge in [0.15, 0.2) is 5.84 Å². The topological polar surface area (TPSA) is 76.5 Å². The quantitative estimate of drug-likeness (QED) is 0.844. The van der Waals surface area contributed by atoms with Gasteiger partial charge in [-0.05, 0) is 44.0 Å². The number of fused-ring (bicyclic) bond motifs is 2. The van der Waals surface area contributed by atoms with E-state index in [4.69, 9.17) is 0 Å². The number of nitrogens with zero attached hydrogens (tertiary/aromatic N) is 4. The Morgan fingerprint density at radius 3 is 2.22 bits per heavy atom. The van der Waals surface area contributed by atoms with Crippen LogP contribution in [0.25, 0.3) is 0 Å². The maximum atomic E-state index is 12.7. The molecule has 0 radical (unpaired) electrons. The predicted octanol–water partition coefficient (Wildman–Crippen LogP) is 1.26. The molecule has 23 heavy (non-hydrogen) atoms. The number of likely N-dealkylation sites (N-methyl/N-ethyl adjacent to an activating group) is 3. The van der Waals surface area contributed by atoms with E-state index in [9.17, 15) is 14.7 Å². The molecule has 0 saturated carbocycles. The molecule has 0 fully saturated rings. The number of urea groups is 1. The van der Waals surface area contributed by atoms with Gasteiger partial charge < -0.3 is 14.9 Å². The Labute approximate surface area is 134 Å². The Morgan fingerprint density at radius 1 is 1.09 bits per heavy atom. The standard InChI is InChI=1S/C16H20N4O3/c1-6-20-12-8-10(3)9(2)7-11(12)18(4)13-16(20,23)14(21)19(5)15(22)17-13/h7-8,23H,6H2,1-5H3. The van der Waals surface area contributed by atoms with Crippen LogP contribution in [0.4, 0.5) is 16.2 Å². The summed E-state index contributed by atoms with van der Waals surface area (Å²) in [4.78, 5) is 32.6. The van der Waals surface area contributed by atoms with Crippen LogP contribution in [0.15, 0.2) is 17.1 Å². The monoisotopic (exact) mass is 316 g/mol. The third-order valence-electron chi connectivity index (χ3n) is 4.67. The van der Waals surface area contributed by atoms with Crippen LogP contribution < -0.4 is 9.80 Å². The number of carbonyl (C=O) groups excluding carboxylic acids is 2. The van der Waals surface area contributed by atoms with Gasteiger partial charge in [0.05, 0.1) is 11.4 Å². The van der Waals surface area contributed by atoms with Gasteiger partial charge in [-0.3, -0.25) is 9.69 Å². The highest BCUT2D eigenvalue weighted by Crippen LogP contribution is 2.42. The first-order chi connectivity index (χ1) is 10.7. The van der Waals surface area contributed by atoms with E-state index in [1.807, 2.05) is 32.9 Å². The molecule has 7 heteroatoms. The fourth-order valence-corrected chi connectivity index (χ4v) is 3.16. The van der Waals surface area contributed by atoms with Gasteiger partial charge in [0, 0.05) is 20.6 Å². The average Bonchev–Trinajstić information content (AvgIpc) is 2.51. The van der Waals surface area contributed by atoms with Crippen LogP contribution in [0.3, 0.4) is 0 Å². The van der Waals surface area contributed by atoms with Crippen molar-refractivity contribution >= 4 is 29.1 Å². The van der Waals surface area contributed by atoms with Gasteiger partial charge >= 0.3 is 6.03 Å². The number of amidine groups is 1. The minimum Gasteiger partial charge on any atom is -0.357 e. The smallest absolute Gasteiger partial charge is 0.351 e. The van der Waals surface area contributed by atoms with Crippen molar-refractivity contribution in [3.05, 3.63) is 23.3 Å². The molecule has 1 atom stereocenters. The fourth-order valence-electron chi connectivity index (χ4n) is 3.16. The van der Waals surface area contributed by atoms with Crippen molar-refractivity contribution in [1.82, 2.24) is 4.90 Å². The summed E-state index contributed by atoms with van der Waals surface area (Å²) in [5.74, 6) is -0.645. The molecule has 1 N–H and O–H groups in total. The first kappa shape index (κ1) is 15.5. The van der Waals surface area contributed by atoms with Crippen molar-refractivity contribution in [3.8, 4) is 0 Å². The highest BCUT2D eigenvalue weighted by Gasteiger charge is 2.57. The van der Waals surface area contributed by atoms with Gasteiger partial charge in [0.1, 0.15) is 0 Å². The minimum atomic E-state index is -1.97. The Kier molecular flexibility index (Phi) is 3.23. The van der Waals surface area contributed by atoms with Crippen LogP contribution in [0, 0.1) is 13.8 Å². The average molecular weight is 316 g/mol. The second-order valence-corrected chi connectivity index (χ2v) is 5.98. The molecule has 1 unspecified atom stereocenters. The second-order valence-electron chi connectivity index (χ2n) is 5.98. The fraction of sp³-hybridized carbons (Fsp3) is 0.438. The Hall–Kier alpha value is -2.41. The van der Waals surface area contributed by atoms with Crippen molar-refractivity contribution in [2.75, 3.05) is 30.4 Å². The molecule has 2 heterocycles. The zero-order valence-corrected chi connectivity index (χ0v) is 13.9. The molecule has 0 bridgehead atoms. The molecule has 2 aliphatic rings. The van der Waals surface area contributed by atoms with Crippen molar-refractivity contribution in [1.29, 1.82) is 0 Å². The number of benzene rings is 1. The number of hydrogen-bond acceptors (Lipinski definition) is 5. The van der Waals surface area contributed by atoms with Gasteiger partial charge in [-0.25, -0.2) is 4.79 Å². The number of aliphatic imine (C=N–C) groups is 1. The summed E-state index contributed by atoms with van der Waals surface area (Å²) in [6.45, 7) is 6.22. The zero-order chi connectivity index (χ0) is 17.1. The van der Waals surface area contributed by atoms with Crippen LogP contribution in [0.5, 0.6) is 0 Å². The van der Waals surface area contributed by atoms with Crippen molar-refractivity contribution in [2.24, 2.45) is 4.99 Å². The molecule has 3 amide bonds.